The third-order valence-corrected chi connectivity index (χ3v) is 4.10. The first-order chi connectivity index (χ1) is 13.0. The molecule has 0 spiro atoms. The van der Waals surface area contributed by atoms with E-state index < -0.39 is 4.92 Å². The molecule has 0 unspecified atom stereocenters. The summed E-state index contributed by atoms with van der Waals surface area (Å²) in [6.45, 7) is 5.25. The summed E-state index contributed by atoms with van der Waals surface area (Å²) in [6, 6.07) is 0. The van der Waals surface area contributed by atoms with Gasteiger partial charge in [-0.15, -0.1) is 0 Å². The number of anilines is 1. The molecule has 3 aromatic rings. The number of aryl methyl sites for hydroxylation is 2. The number of nitro groups is 1. The van der Waals surface area contributed by atoms with E-state index in [0.29, 0.717) is 17.9 Å². The molecule has 27 heavy (non-hydrogen) atoms. The molecule has 1 amide bonds. The van der Waals surface area contributed by atoms with Gasteiger partial charge in [-0.1, -0.05) is 0 Å². The molecule has 3 aromatic heterocycles. The highest BCUT2D eigenvalue weighted by Gasteiger charge is 2.16. The van der Waals surface area contributed by atoms with E-state index in [1.54, 1.807) is 30.2 Å². The number of nitrogens with zero attached hydrogens (tertiary/aromatic N) is 7. The van der Waals surface area contributed by atoms with Crippen molar-refractivity contribution in [2.45, 2.75) is 39.9 Å². The first-order valence-corrected chi connectivity index (χ1v) is 8.46. The van der Waals surface area contributed by atoms with E-state index in [9.17, 15) is 14.9 Å². The quantitative estimate of drug-likeness (QED) is 0.473. The molecule has 0 saturated heterocycles. The van der Waals surface area contributed by atoms with Crippen LogP contribution in [0, 0.1) is 17.0 Å². The average molecular weight is 372 g/mol. The van der Waals surface area contributed by atoms with Crippen LogP contribution in [0.2, 0.25) is 0 Å². The van der Waals surface area contributed by atoms with Crippen molar-refractivity contribution in [3.63, 3.8) is 0 Å². The van der Waals surface area contributed by atoms with Crippen LogP contribution in [0.15, 0.2) is 31.0 Å². The first kappa shape index (κ1) is 18.3. The Morgan fingerprint density at radius 3 is 2.63 bits per heavy atom. The second-order valence-corrected chi connectivity index (χ2v) is 6.02. The van der Waals surface area contributed by atoms with Gasteiger partial charge in [0.1, 0.15) is 11.9 Å². The Hall–Kier alpha value is -3.50. The van der Waals surface area contributed by atoms with Gasteiger partial charge < -0.3 is 5.32 Å². The molecular formula is C16H20N8O3. The maximum atomic E-state index is 12.1. The molecule has 0 aliphatic rings. The Morgan fingerprint density at radius 2 is 1.96 bits per heavy atom. The predicted molar refractivity (Wildman–Crippen MR) is 96.1 cm³/mol. The zero-order valence-corrected chi connectivity index (χ0v) is 15.1. The summed E-state index contributed by atoms with van der Waals surface area (Å²) in [7, 11) is 0. The fourth-order valence-corrected chi connectivity index (χ4v) is 2.63. The second-order valence-electron chi connectivity index (χ2n) is 6.02. The molecule has 0 bridgehead atoms. The van der Waals surface area contributed by atoms with Crippen LogP contribution in [0.4, 0.5) is 11.4 Å². The van der Waals surface area contributed by atoms with Crippen LogP contribution < -0.4 is 5.32 Å². The molecule has 0 aliphatic carbocycles. The third kappa shape index (κ3) is 4.37. The monoisotopic (exact) mass is 372 g/mol. The SMILES string of the molecule is CCn1cc(Cn2cc(NC(=O)CCn3ncc([N+](=O)[O-])c3C)cn2)cn1. The standard InChI is InChI=1S/C16H20N8O3/c1-3-21-9-13(6-17-21)10-22-11-14(7-18-22)20-16(25)4-5-23-12(2)15(8-19-23)24(26)27/h6-9,11H,3-5,10H2,1-2H3,(H,20,25). The van der Waals surface area contributed by atoms with Crippen molar-refractivity contribution in [1.29, 1.82) is 0 Å². The molecular weight excluding hydrogens is 352 g/mol. The Kier molecular flexibility index (Phi) is 5.29. The first-order valence-electron chi connectivity index (χ1n) is 8.46. The zero-order valence-electron chi connectivity index (χ0n) is 15.1. The molecule has 0 radical (unpaired) electrons. The average Bonchev–Trinajstić information content (AvgIpc) is 3.34. The van der Waals surface area contributed by atoms with Crippen LogP contribution >= 0.6 is 0 Å². The van der Waals surface area contributed by atoms with Crippen LogP contribution in [-0.2, 0) is 24.4 Å². The Labute approximate surface area is 154 Å². The van der Waals surface area contributed by atoms with Crippen molar-refractivity contribution in [3.05, 3.63) is 52.4 Å². The molecule has 3 rings (SSSR count). The number of carbonyl (C=O) groups is 1. The topological polar surface area (TPSA) is 126 Å². The normalized spacial score (nSPS) is 10.9. The van der Waals surface area contributed by atoms with Gasteiger partial charge in [0.15, 0.2) is 0 Å². The number of hydrogen-bond acceptors (Lipinski definition) is 6. The summed E-state index contributed by atoms with van der Waals surface area (Å²) in [5, 5.41) is 26.0. The smallest absolute Gasteiger partial charge is 0.309 e. The van der Waals surface area contributed by atoms with Gasteiger partial charge in [0.2, 0.25) is 5.91 Å². The van der Waals surface area contributed by atoms with Crippen LogP contribution in [0.3, 0.4) is 0 Å². The maximum absolute atomic E-state index is 12.1. The summed E-state index contributed by atoms with van der Waals surface area (Å²) >= 11 is 0. The fourth-order valence-electron chi connectivity index (χ4n) is 2.63. The lowest BCUT2D eigenvalue weighted by molar-refractivity contribution is -0.385. The molecule has 0 aliphatic heterocycles. The summed E-state index contributed by atoms with van der Waals surface area (Å²) in [5.74, 6) is -0.217. The summed E-state index contributed by atoms with van der Waals surface area (Å²) < 4.78 is 5.00. The summed E-state index contributed by atoms with van der Waals surface area (Å²) in [5.41, 5.74) is 1.98. The van der Waals surface area contributed by atoms with E-state index in [-0.39, 0.29) is 24.6 Å². The van der Waals surface area contributed by atoms with Crippen LogP contribution in [0.1, 0.15) is 24.6 Å². The lowest BCUT2D eigenvalue weighted by Gasteiger charge is -2.04. The minimum atomic E-state index is -0.489. The molecule has 0 aromatic carbocycles. The highest BCUT2D eigenvalue weighted by molar-refractivity contribution is 5.90. The predicted octanol–water partition coefficient (Wildman–Crippen LogP) is 1.59. The van der Waals surface area contributed by atoms with E-state index in [0.717, 1.165) is 12.1 Å². The Balaban J connectivity index is 1.52. The van der Waals surface area contributed by atoms with E-state index in [4.69, 9.17) is 0 Å². The molecule has 0 fully saturated rings. The van der Waals surface area contributed by atoms with Gasteiger partial charge in [-0.25, -0.2) is 0 Å². The highest BCUT2D eigenvalue weighted by atomic mass is 16.6. The minimum Gasteiger partial charge on any atom is -0.323 e. The van der Waals surface area contributed by atoms with Gasteiger partial charge in [-0.3, -0.25) is 29.0 Å². The number of carbonyl (C=O) groups excluding carboxylic acids is 1. The number of hydrogen-bond donors (Lipinski definition) is 1. The van der Waals surface area contributed by atoms with Crippen molar-refractivity contribution in [1.82, 2.24) is 29.3 Å². The number of nitrogens with one attached hydrogen (secondary N) is 1. The van der Waals surface area contributed by atoms with Crippen LogP contribution in [0.5, 0.6) is 0 Å². The van der Waals surface area contributed by atoms with Gasteiger partial charge >= 0.3 is 5.69 Å². The minimum absolute atomic E-state index is 0.0527. The van der Waals surface area contributed by atoms with Crippen molar-refractivity contribution >= 4 is 17.3 Å². The van der Waals surface area contributed by atoms with Crippen molar-refractivity contribution in [3.8, 4) is 0 Å². The van der Waals surface area contributed by atoms with Crippen molar-refractivity contribution in [2.75, 3.05) is 5.32 Å². The van der Waals surface area contributed by atoms with E-state index in [2.05, 4.69) is 20.6 Å². The van der Waals surface area contributed by atoms with E-state index in [1.165, 1.54) is 10.9 Å². The number of amides is 1. The van der Waals surface area contributed by atoms with Gasteiger partial charge in [-0.2, -0.15) is 15.3 Å². The van der Waals surface area contributed by atoms with Crippen LogP contribution in [-0.4, -0.2) is 40.2 Å². The van der Waals surface area contributed by atoms with Crippen molar-refractivity contribution < 1.29 is 9.72 Å². The van der Waals surface area contributed by atoms with Gasteiger partial charge in [0.05, 0.1) is 36.1 Å². The molecule has 11 nitrogen and oxygen atoms in total. The van der Waals surface area contributed by atoms with Gasteiger partial charge in [-0.05, 0) is 13.8 Å². The van der Waals surface area contributed by atoms with Crippen molar-refractivity contribution in [2.24, 2.45) is 0 Å². The third-order valence-electron chi connectivity index (χ3n) is 4.10. The Morgan fingerprint density at radius 1 is 1.19 bits per heavy atom. The molecule has 0 saturated carbocycles. The lowest BCUT2D eigenvalue weighted by Crippen LogP contribution is -2.15. The maximum Gasteiger partial charge on any atom is 0.309 e. The zero-order chi connectivity index (χ0) is 19.4. The van der Waals surface area contributed by atoms with Crippen LogP contribution in [0.25, 0.3) is 0 Å². The van der Waals surface area contributed by atoms with Gasteiger partial charge in [0, 0.05) is 30.9 Å². The van der Waals surface area contributed by atoms with E-state index >= 15 is 0 Å². The largest absolute Gasteiger partial charge is 0.323 e. The Bertz CT molecular complexity index is 955. The second kappa shape index (κ2) is 7.81. The number of rotatable bonds is 8. The molecule has 1 N–H and O–H groups in total. The molecule has 11 heteroatoms. The molecule has 142 valence electrons. The van der Waals surface area contributed by atoms with Gasteiger partial charge in [0.25, 0.3) is 0 Å². The summed E-state index contributed by atoms with van der Waals surface area (Å²) in [6.07, 6.45) is 8.39. The summed E-state index contributed by atoms with van der Waals surface area (Å²) in [4.78, 5) is 22.4. The fraction of sp³-hybridized carbons (Fsp3) is 0.375. The molecule has 0 atom stereocenters. The lowest BCUT2D eigenvalue weighted by atomic mass is 10.3. The van der Waals surface area contributed by atoms with E-state index in [1.807, 2.05) is 17.8 Å². The number of aromatic nitrogens is 6. The molecule has 3 heterocycles. The highest BCUT2D eigenvalue weighted by Crippen LogP contribution is 2.16.